The van der Waals surface area contributed by atoms with E-state index in [2.05, 4.69) is 4.99 Å². The normalized spacial score (nSPS) is 12.6. The Morgan fingerprint density at radius 2 is 2.00 bits per heavy atom. The van der Waals surface area contributed by atoms with E-state index in [0.717, 1.165) is 24.8 Å². The number of hydrogen-bond acceptors (Lipinski definition) is 4. The number of hydrogen-bond donors (Lipinski definition) is 0. The van der Waals surface area contributed by atoms with Crippen LogP contribution in [0.4, 0.5) is 18.9 Å². The number of carbonyl (C=O) groups excluding carboxylic acids is 1. The summed E-state index contributed by atoms with van der Waals surface area (Å²) in [6.45, 7) is 3.90. The summed E-state index contributed by atoms with van der Waals surface area (Å²) in [5, 5.41) is 0.577. The molecule has 0 amide bonds. The van der Waals surface area contributed by atoms with Gasteiger partial charge in [0.15, 0.2) is 0 Å². The van der Waals surface area contributed by atoms with Crippen molar-refractivity contribution in [3.63, 3.8) is 0 Å². The van der Waals surface area contributed by atoms with E-state index in [9.17, 15) is 18.0 Å². The zero-order valence-electron chi connectivity index (χ0n) is 12.3. The quantitative estimate of drug-likeness (QED) is 0.371. The van der Waals surface area contributed by atoms with Crippen LogP contribution in [0.25, 0.3) is 0 Å². The fraction of sp³-hybridized carbons (Fsp3) is 0.429. The zero-order valence-corrected chi connectivity index (χ0v) is 14.6. The number of ketones is 1. The van der Waals surface area contributed by atoms with E-state index < -0.39 is 17.5 Å². The second kappa shape index (κ2) is 8.26. The van der Waals surface area contributed by atoms with Crippen LogP contribution in [0.2, 0.25) is 5.02 Å². The Bertz CT molecular complexity index is 588. The molecular formula is C14H15ClF3NOS2. The summed E-state index contributed by atoms with van der Waals surface area (Å²) in [4.78, 5) is 15.3. The molecule has 0 aliphatic rings. The zero-order chi connectivity index (χ0) is 16.9. The molecule has 0 saturated carbocycles. The molecule has 1 rings (SSSR count). The molecule has 0 spiro atoms. The Kier molecular flexibility index (Phi) is 7.28. The highest BCUT2D eigenvalue weighted by molar-refractivity contribution is 8.14. The number of thioether (sulfide) groups is 2. The lowest BCUT2D eigenvalue weighted by molar-refractivity contribution is -0.114. The molecule has 0 radical (unpaired) electrons. The third-order valence-corrected chi connectivity index (χ3v) is 5.03. The van der Waals surface area contributed by atoms with E-state index in [4.69, 9.17) is 11.6 Å². The minimum atomic E-state index is -2.85. The van der Waals surface area contributed by atoms with E-state index >= 15 is 0 Å². The summed E-state index contributed by atoms with van der Waals surface area (Å²) in [7, 11) is 0. The molecule has 0 unspecified atom stereocenters. The van der Waals surface area contributed by atoms with Gasteiger partial charge >= 0.3 is 0 Å². The Morgan fingerprint density at radius 1 is 1.36 bits per heavy atom. The van der Waals surface area contributed by atoms with E-state index in [1.807, 2.05) is 0 Å². The third kappa shape index (κ3) is 7.07. The number of Topliss-reactive ketones (excluding diaryl/α,β-unsaturated/α-hetero) is 1. The monoisotopic (exact) mass is 369 g/mol. The first-order chi connectivity index (χ1) is 10.1. The van der Waals surface area contributed by atoms with Crippen molar-refractivity contribution in [1.82, 2.24) is 0 Å². The minimum Gasteiger partial charge on any atom is -0.299 e. The van der Waals surface area contributed by atoms with Gasteiger partial charge in [0.2, 0.25) is 0 Å². The van der Waals surface area contributed by atoms with Gasteiger partial charge < -0.3 is 0 Å². The van der Waals surface area contributed by atoms with Gasteiger partial charge in [-0.05, 0) is 26.0 Å². The number of alkyl halides is 2. The van der Waals surface area contributed by atoms with Crippen LogP contribution in [0.1, 0.15) is 20.8 Å². The topological polar surface area (TPSA) is 29.4 Å². The molecule has 0 aliphatic carbocycles. The van der Waals surface area contributed by atoms with Crippen molar-refractivity contribution in [3.8, 4) is 0 Å². The molecule has 0 saturated heterocycles. The Morgan fingerprint density at radius 3 is 2.55 bits per heavy atom. The first-order valence-electron chi connectivity index (χ1n) is 6.25. The summed E-state index contributed by atoms with van der Waals surface area (Å²) in [6, 6.07) is 2.39. The maximum atomic E-state index is 13.8. The maximum absolute atomic E-state index is 13.8. The summed E-state index contributed by atoms with van der Waals surface area (Å²) in [6.07, 6.45) is 0. The molecule has 122 valence electrons. The van der Waals surface area contributed by atoms with Crippen molar-refractivity contribution >= 4 is 51.6 Å². The molecule has 0 fully saturated rings. The van der Waals surface area contributed by atoms with Crippen LogP contribution in [0.3, 0.4) is 0 Å². The summed E-state index contributed by atoms with van der Waals surface area (Å²) < 4.78 is 39.6. The standard InChI is InChI=1S/C14H15ClF3NOS2/c1-8(20)6-21-9(2)19-12-5-13(10(15)4-11(12)16)22-7-14(3,17)18/h4-5H,6-7H2,1-3H3/b19-9-. The van der Waals surface area contributed by atoms with Crippen molar-refractivity contribution in [2.75, 3.05) is 11.5 Å². The molecule has 1 aromatic rings. The molecule has 0 aromatic heterocycles. The maximum Gasteiger partial charge on any atom is 0.254 e. The number of benzene rings is 1. The highest BCUT2D eigenvalue weighted by Gasteiger charge is 2.22. The van der Waals surface area contributed by atoms with Gasteiger partial charge in [-0.3, -0.25) is 4.79 Å². The molecular weight excluding hydrogens is 355 g/mol. The molecule has 0 aliphatic heterocycles. The van der Waals surface area contributed by atoms with Crippen molar-refractivity contribution < 1.29 is 18.0 Å². The van der Waals surface area contributed by atoms with Gasteiger partial charge in [-0.1, -0.05) is 11.6 Å². The lowest BCUT2D eigenvalue weighted by atomic mass is 10.3. The molecule has 0 atom stereocenters. The van der Waals surface area contributed by atoms with Crippen LogP contribution in [0, 0.1) is 5.82 Å². The first-order valence-corrected chi connectivity index (χ1v) is 8.60. The minimum absolute atomic E-state index is 0.0138. The van der Waals surface area contributed by atoms with Crippen LogP contribution in [-0.2, 0) is 4.79 Å². The Balaban J connectivity index is 2.95. The van der Waals surface area contributed by atoms with Crippen molar-refractivity contribution in [3.05, 3.63) is 23.0 Å². The summed E-state index contributed by atoms with van der Waals surface area (Å²) in [5.41, 5.74) is 0.0138. The van der Waals surface area contributed by atoms with Gasteiger partial charge in [0.1, 0.15) is 17.3 Å². The van der Waals surface area contributed by atoms with Gasteiger partial charge in [0.05, 0.1) is 21.6 Å². The van der Waals surface area contributed by atoms with Gasteiger partial charge in [0, 0.05) is 11.8 Å². The van der Waals surface area contributed by atoms with Crippen molar-refractivity contribution in [2.45, 2.75) is 31.6 Å². The molecule has 0 bridgehead atoms. The van der Waals surface area contributed by atoms with E-state index in [1.165, 1.54) is 24.8 Å². The first kappa shape index (κ1) is 19.4. The second-order valence-corrected chi connectivity index (χ2v) is 7.31. The summed E-state index contributed by atoms with van der Waals surface area (Å²) in [5.74, 6) is -3.72. The number of carbonyl (C=O) groups is 1. The lowest BCUT2D eigenvalue weighted by Gasteiger charge is -2.11. The van der Waals surface area contributed by atoms with Crippen molar-refractivity contribution in [1.29, 1.82) is 0 Å². The van der Waals surface area contributed by atoms with Crippen LogP contribution in [-0.4, -0.2) is 28.3 Å². The fourth-order valence-electron chi connectivity index (χ4n) is 1.33. The largest absolute Gasteiger partial charge is 0.299 e. The average Bonchev–Trinajstić information content (AvgIpc) is 2.37. The Hall–Kier alpha value is -0.660. The van der Waals surface area contributed by atoms with Gasteiger partial charge in [-0.15, -0.1) is 23.5 Å². The predicted molar refractivity (Wildman–Crippen MR) is 88.7 cm³/mol. The van der Waals surface area contributed by atoms with Crippen LogP contribution in [0.15, 0.2) is 22.0 Å². The molecule has 1 aromatic carbocycles. The van der Waals surface area contributed by atoms with Gasteiger partial charge in [-0.25, -0.2) is 18.2 Å². The number of halogens is 4. The molecule has 8 heteroatoms. The SMILES string of the molecule is CC(=O)CS/C(C)=N\c1cc(SCC(C)(F)F)c(Cl)cc1F. The number of rotatable bonds is 6. The summed E-state index contributed by atoms with van der Waals surface area (Å²) >= 11 is 7.90. The Labute approximate surface area is 140 Å². The number of aliphatic imine (C=N–C) groups is 1. The van der Waals surface area contributed by atoms with Gasteiger partial charge in [0.25, 0.3) is 5.92 Å². The predicted octanol–water partition coefficient (Wildman–Crippen LogP) is 5.60. The molecule has 22 heavy (non-hydrogen) atoms. The number of nitrogens with zero attached hydrogens (tertiary/aromatic N) is 1. The van der Waals surface area contributed by atoms with Crippen LogP contribution >= 0.6 is 35.1 Å². The van der Waals surface area contributed by atoms with E-state index in [1.54, 1.807) is 6.92 Å². The molecule has 0 heterocycles. The highest BCUT2D eigenvalue weighted by atomic mass is 35.5. The molecule has 2 nitrogen and oxygen atoms in total. The third-order valence-electron chi connectivity index (χ3n) is 2.24. The lowest BCUT2D eigenvalue weighted by Crippen LogP contribution is -2.12. The fourth-order valence-corrected chi connectivity index (χ4v) is 3.02. The van der Waals surface area contributed by atoms with Crippen LogP contribution in [0.5, 0.6) is 0 Å². The van der Waals surface area contributed by atoms with Crippen LogP contribution < -0.4 is 0 Å². The van der Waals surface area contributed by atoms with Gasteiger partial charge in [-0.2, -0.15) is 0 Å². The smallest absolute Gasteiger partial charge is 0.254 e. The average molecular weight is 370 g/mol. The van der Waals surface area contributed by atoms with Crippen molar-refractivity contribution in [2.24, 2.45) is 4.99 Å². The second-order valence-electron chi connectivity index (χ2n) is 4.71. The van der Waals surface area contributed by atoms with E-state index in [0.29, 0.717) is 9.94 Å². The highest BCUT2D eigenvalue weighted by Crippen LogP contribution is 2.36. The van der Waals surface area contributed by atoms with E-state index in [-0.39, 0.29) is 22.2 Å². The molecule has 0 N–H and O–H groups in total.